The maximum Gasteiger partial charge on any atom is 0.163 e. The highest BCUT2D eigenvalue weighted by Crippen LogP contribution is 2.29. The number of hydrogen-bond donors (Lipinski definition) is 1. The third-order valence-corrected chi connectivity index (χ3v) is 3.44. The number of para-hydroxylation sites is 1. The van der Waals surface area contributed by atoms with Crippen LogP contribution in [0.3, 0.4) is 0 Å². The van der Waals surface area contributed by atoms with E-state index in [4.69, 9.17) is 0 Å². The maximum atomic E-state index is 4.69. The van der Waals surface area contributed by atoms with Crippen LogP contribution in [0.2, 0.25) is 0 Å². The number of nitrogens with zero attached hydrogens (tertiary/aromatic N) is 3. The predicted octanol–water partition coefficient (Wildman–Crippen LogP) is 3.27. The van der Waals surface area contributed by atoms with Crippen molar-refractivity contribution in [2.45, 2.75) is 18.9 Å². The van der Waals surface area contributed by atoms with Crippen LogP contribution in [0, 0.1) is 0 Å². The van der Waals surface area contributed by atoms with Gasteiger partial charge in [-0.3, -0.25) is 4.98 Å². The minimum Gasteiger partial charge on any atom is -0.367 e. The zero-order valence-corrected chi connectivity index (χ0v) is 11.0. The number of anilines is 1. The molecule has 4 rings (SSSR count). The molecule has 4 heteroatoms. The largest absolute Gasteiger partial charge is 0.367 e. The maximum absolute atomic E-state index is 4.69. The van der Waals surface area contributed by atoms with Gasteiger partial charge < -0.3 is 5.32 Å². The van der Waals surface area contributed by atoms with Gasteiger partial charge in [0.15, 0.2) is 5.82 Å². The molecule has 1 fully saturated rings. The van der Waals surface area contributed by atoms with Gasteiger partial charge in [-0.1, -0.05) is 12.1 Å². The van der Waals surface area contributed by atoms with Crippen LogP contribution in [-0.4, -0.2) is 21.0 Å². The summed E-state index contributed by atoms with van der Waals surface area (Å²) in [6.07, 6.45) is 6.00. The zero-order chi connectivity index (χ0) is 13.4. The highest BCUT2D eigenvalue weighted by atomic mass is 15.1. The van der Waals surface area contributed by atoms with Gasteiger partial charge in [0.25, 0.3) is 0 Å². The fourth-order valence-corrected chi connectivity index (χ4v) is 2.23. The number of nitrogens with one attached hydrogen (secondary N) is 1. The van der Waals surface area contributed by atoms with Crippen molar-refractivity contribution in [3.63, 3.8) is 0 Å². The normalized spacial score (nSPS) is 14.4. The Morgan fingerprint density at radius 1 is 1.00 bits per heavy atom. The summed E-state index contributed by atoms with van der Waals surface area (Å²) < 4.78 is 0. The second-order valence-electron chi connectivity index (χ2n) is 5.07. The average Bonchev–Trinajstić information content (AvgIpc) is 3.32. The number of rotatable bonds is 3. The Balaban J connectivity index is 1.89. The van der Waals surface area contributed by atoms with Crippen molar-refractivity contribution in [2.24, 2.45) is 0 Å². The lowest BCUT2D eigenvalue weighted by molar-refractivity contribution is 1.11. The molecule has 0 aliphatic heterocycles. The van der Waals surface area contributed by atoms with Gasteiger partial charge in [-0.2, -0.15) is 0 Å². The molecular weight excluding hydrogens is 248 g/mol. The van der Waals surface area contributed by atoms with Gasteiger partial charge in [0.2, 0.25) is 0 Å². The van der Waals surface area contributed by atoms with Crippen LogP contribution in [0.25, 0.3) is 22.3 Å². The molecule has 1 N–H and O–H groups in total. The fraction of sp³-hybridized carbons (Fsp3) is 0.188. The molecule has 0 unspecified atom stereocenters. The second-order valence-corrected chi connectivity index (χ2v) is 5.07. The van der Waals surface area contributed by atoms with Crippen molar-refractivity contribution >= 4 is 16.7 Å². The molecule has 2 heterocycles. The highest BCUT2D eigenvalue weighted by Gasteiger charge is 2.22. The number of aromatic nitrogens is 3. The van der Waals surface area contributed by atoms with Gasteiger partial charge >= 0.3 is 0 Å². The topological polar surface area (TPSA) is 50.7 Å². The minimum absolute atomic E-state index is 0.565. The van der Waals surface area contributed by atoms with Gasteiger partial charge in [0, 0.05) is 29.4 Å². The van der Waals surface area contributed by atoms with E-state index < -0.39 is 0 Å². The minimum atomic E-state index is 0.565. The Kier molecular flexibility index (Phi) is 2.59. The molecule has 0 radical (unpaired) electrons. The first-order valence-corrected chi connectivity index (χ1v) is 6.84. The van der Waals surface area contributed by atoms with Crippen LogP contribution >= 0.6 is 0 Å². The Morgan fingerprint density at radius 2 is 1.90 bits per heavy atom. The second kappa shape index (κ2) is 4.56. The standard InChI is InChI=1S/C16H14N4/c1-2-6-14-13(5-1)16(18-12-7-8-12)20-15(19-14)11-4-3-9-17-10-11/h1-6,9-10,12H,7-8H2,(H,18,19,20). The molecule has 1 saturated carbocycles. The van der Waals surface area contributed by atoms with Crippen LogP contribution in [0.15, 0.2) is 48.8 Å². The monoisotopic (exact) mass is 262 g/mol. The molecule has 0 spiro atoms. The lowest BCUT2D eigenvalue weighted by Crippen LogP contribution is -2.05. The molecule has 1 aliphatic carbocycles. The molecule has 1 aliphatic rings. The van der Waals surface area contributed by atoms with E-state index in [2.05, 4.69) is 26.3 Å². The number of fused-ring (bicyclic) bond motifs is 1. The van der Waals surface area contributed by atoms with E-state index >= 15 is 0 Å². The Bertz CT molecular complexity index is 751. The van der Waals surface area contributed by atoms with Crippen LogP contribution in [-0.2, 0) is 0 Å². The third-order valence-electron chi connectivity index (χ3n) is 3.44. The van der Waals surface area contributed by atoms with E-state index in [0.29, 0.717) is 6.04 Å². The highest BCUT2D eigenvalue weighted by molar-refractivity contribution is 5.90. The van der Waals surface area contributed by atoms with E-state index in [9.17, 15) is 0 Å². The van der Waals surface area contributed by atoms with Gasteiger partial charge in [-0.15, -0.1) is 0 Å². The lowest BCUT2D eigenvalue weighted by Gasteiger charge is -2.10. The molecule has 0 bridgehead atoms. The molecule has 2 aromatic heterocycles. The molecule has 0 amide bonds. The summed E-state index contributed by atoms with van der Waals surface area (Å²) in [7, 11) is 0. The SMILES string of the molecule is c1cncc(-c2nc(NC3CC3)c3ccccc3n2)c1. The summed E-state index contributed by atoms with van der Waals surface area (Å²) in [5, 5.41) is 4.57. The molecule has 1 aromatic carbocycles. The van der Waals surface area contributed by atoms with Crippen molar-refractivity contribution in [1.29, 1.82) is 0 Å². The molecule has 98 valence electrons. The quantitative estimate of drug-likeness (QED) is 0.787. The molecule has 0 saturated heterocycles. The van der Waals surface area contributed by atoms with Crippen molar-refractivity contribution in [3.8, 4) is 11.4 Å². The van der Waals surface area contributed by atoms with Gasteiger partial charge in [0.05, 0.1) is 5.52 Å². The van der Waals surface area contributed by atoms with Crippen molar-refractivity contribution in [1.82, 2.24) is 15.0 Å². The van der Waals surface area contributed by atoms with E-state index in [1.54, 1.807) is 12.4 Å². The Morgan fingerprint density at radius 3 is 2.70 bits per heavy atom. The number of pyridine rings is 1. The Hall–Kier alpha value is -2.49. The fourth-order valence-electron chi connectivity index (χ4n) is 2.23. The van der Waals surface area contributed by atoms with E-state index in [1.807, 2.05) is 30.3 Å². The molecular formula is C16H14N4. The summed E-state index contributed by atoms with van der Waals surface area (Å²) in [5.74, 6) is 1.65. The van der Waals surface area contributed by atoms with Gasteiger partial charge in [0.1, 0.15) is 5.82 Å². The average molecular weight is 262 g/mol. The Labute approximate surface area is 116 Å². The summed E-state index contributed by atoms with van der Waals surface area (Å²) in [6.45, 7) is 0. The van der Waals surface area contributed by atoms with E-state index in [1.165, 1.54) is 12.8 Å². The van der Waals surface area contributed by atoms with E-state index in [0.717, 1.165) is 28.1 Å². The smallest absolute Gasteiger partial charge is 0.163 e. The summed E-state index contributed by atoms with van der Waals surface area (Å²) in [5.41, 5.74) is 1.90. The zero-order valence-electron chi connectivity index (χ0n) is 11.0. The van der Waals surface area contributed by atoms with Gasteiger partial charge in [-0.25, -0.2) is 9.97 Å². The first-order chi connectivity index (χ1) is 9.90. The van der Waals surface area contributed by atoms with Gasteiger partial charge in [-0.05, 0) is 37.1 Å². The predicted molar refractivity (Wildman–Crippen MR) is 79.4 cm³/mol. The third kappa shape index (κ3) is 2.09. The van der Waals surface area contributed by atoms with Crippen molar-refractivity contribution in [3.05, 3.63) is 48.8 Å². The van der Waals surface area contributed by atoms with Crippen LogP contribution < -0.4 is 5.32 Å². The van der Waals surface area contributed by atoms with Crippen LogP contribution in [0.1, 0.15) is 12.8 Å². The summed E-state index contributed by atoms with van der Waals surface area (Å²) >= 11 is 0. The van der Waals surface area contributed by atoms with Crippen LogP contribution in [0.4, 0.5) is 5.82 Å². The van der Waals surface area contributed by atoms with E-state index in [-0.39, 0.29) is 0 Å². The lowest BCUT2D eigenvalue weighted by atomic mass is 10.2. The number of hydrogen-bond acceptors (Lipinski definition) is 4. The van der Waals surface area contributed by atoms with Crippen molar-refractivity contribution in [2.75, 3.05) is 5.32 Å². The number of benzene rings is 1. The van der Waals surface area contributed by atoms with Crippen molar-refractivity contribution < 1.29 is 0 Å². The first kappa shape index (κ1) is 11.3. The summed E-state index contributed by atoms with van der Waals surface area (Å²) in [4.78, 5) is 13.5. The van der Waals surface area contributed by atoms with Crippen LogP contribution in [0.5, 0.6) is 0 Å². The molecule has 4 nitrogen and oxygen atoms in total. The molecule has 3 aromatic rings. The molecule has 20 heavy (non-hydrogen) atoms. The molecule has 0 atom stereocenters. The first-order valence-electron chi connectivity index (χ1n) is 6.84. The summed E-state index contributed by atoms with van der Waals surface area (Å²) in [6, 6.07) is 12.6.